The van der Waals surface area contributed by atoms with Gasteiger partial charge in [-0.1, -0.05) is 27.7 Å². The van der Waals surface area contributed by atoms with Gasteiger partial charge in [0.15, 0.2) is 8.38 Å². The molecule has 0 fully saturated rings. The molecule has 0 aliphatic rings. The highest BCUT2D eigenvalue weighted by Crippen LogP contribution is 2.36. The molecule has 1 radical (unpaired) electrons. The monoisotopic (exact) mass is 191 g/mol. The fraction of sp³-hybridized carbons (Fsp3) is 0.889. The SMILES string of the molecule is [CH2]P(OCC(C)C)OCC(C)C. The highest BCUT2D eigenvalue weighted by Gasteiger charge is 2.05. The van der Waals surface area contributed by atoms with Crippen LogP contribution in [0, 0.1) is 18.5 Å². The number of hydrogen-bond donors (Lipinski definition) is 0. The van der Waals surface area contributed by atoms with E-state index >= 15 is 0 Å². The Hall–Kier alpha value is 0.350. The van der Waals surface area contributed by atoms with Gasteiger partial charge in [-0.05, 0) is 11.8 Å². The third kappa shape index (κ3) is 8.45. The van der Waals surface area contributed by atoms with Crippen molar-refractivity contribution >= 4 is 8.38 Å². The van der Waals surface area contributed by atoms with Gasteiger partial charge in [-0.2, -0.15) is 0 Å². The maximum absolute atomic E-state index is 5.39. The number of hydrogen-bond acceptors (Lipinski definition) is 2. The lowest BCUT2D eigenvalue weighted by Crippen LogP contribution is -2.02. The molecule has 3 heteroatoms. The summed E-state index contributed by atoms with van der Waals surface area (Å²) in [6, 6.07) is 0. The molecule has 0 N–H and O–H groups in total. The van der Waals surface area contributed by atoms with E-state index in [0.717, 1.165) is 13.2 Å². The maximum atomic E-state index is 5.39. The molecule has 0 saturated carbocycles. The predicted molar refractivity (Wildman–Crippen MR) is 53.9 cm³/mol. The van der Waals surface area contributed by atoms with Crippen molar-refractivity contribution in [3.8, 4) is 0 Å². The molecule has 0 unspecified atom stereocenters. The fourth-order valence-corrected chi connectivity index (χ4v) is 1.51. The lowest BCUT2D eigenvalue weighted by atomic mass is 10.2. The Morgan fingerprint density at radius 2 is 1.33 bits per heavy atom. The van der Waals surface area contributed by atoms with Crippen LogP contribution < -0.4 is 0 Å². The topological polar surface area (TPSA) is 18.5 Å². The average molecular weight is 191 g/mol. The van der Waals surface area contributed by atoms with Gasteiger partial charge in [-0.25, -0.2) is 0 Å². The zero-order valence-electron chi connectivity index (χ0n) is 8.54. The van der Waals surface area contributed by atoms with Crippen molar-refractivity contribution in [3.63, 3.8) is 0 Å². The summed E-state index contributed by atoms with van der Waals surface area (Å²) in [5.74, 6) is 1.11. The van der Waals surface area contributed by atoms with Gasteiger partial charge in [-0.3, -0.25) is 0 Å². The Balaban J connectivity index is 3.27. The quantitative estimate of drug-likeness (QED) is 0.599. The second kappa shape index (κ2) is 6.82. The van der Waals surface area contributed by atoms with E-state index in [2.05, 4.69) is 34.4 Å². The zero-order valence-corrected chi connectivity index (χ0v) is 9.43. The van der Waals surface area contributed by atoms with Crippen molar-refractivity contribution in [1.82, 2.24) is 0 Å². The second-order valence-corrected chi connectivity index (χ2v) is 4.89. The summed E-state index contributed by atoms with van der Waals surface area (Å²) in [6.45, 7) is 13.8. The number of rotatable bonds is 6. The summed E-state index contributed by atoms with van der Waals surface area (Å²) in [4.78, 5) is 0. The molecule has 2 nitrogen and oxygen atoms in total. The minimum Gasteiger partial charge on any atom is -0.334 e. The van der Waals surface area contributed by atoms with Crippen LogP contribution in [-0.2, 0) is 9.05 Å². The Morgan fingerprint density at radius 3 is 1.58 bits per heavy atom. The molecule has 0 aliphatic carbocycles. The summed E-state index contributed by atoms with van der Waals surface area (Å²) in [5.41, 5.74) is 0. The average Bonchev–Trinajstić information content (AvgIpc) is 1.96. The zero-order chi connectivity index (χ0) is 9.56. The molecule has 0 spiro atoms. The van der Waals surface area contributed by atoms with Crippen molar-refractivity contribution in [1.29, 1.82) is 0 Å². The van der Waals surface area contributed by atoms with Crippen LogP contribution in [0.4, 0.5) is 0 Å². The van der Waals surface area contributed by atoms with Crippen LogP contribution in [-0.4, -0.2) is 13.2 Å². The Kier molecular flexibility index (Phi) is 7.02. The van der Waals surface area contributed by atoms with E-state index in [1.807, 2.05) is 0 Å². The third-order valence-electron chi connectivity index (χ3n) is 1.10. The van der Waals surface area contributed by atoms with Crippen LogP contribution in [0.1, 0.15) is 27.7 Å². The molecule has 0 rings (SSSR count). The lowest BCUT2D eigenvalue weighted by Gasteiger charge is -2.15. The lowest BCUT2D eigenvalue weighted by molar-refractivity contribution is 0.215. The molecule has 0 atom stereocenters. The molecular formula is C9H20O2P. The summed E-state index contributed by atoms with van der Waals surface area (Å²) in [6.07, 6.45) is 0. The summed E-state index contributed by atoms with van der Waals surface area (Å²) in [5, 5.41) is 0. The van der Waals surface area contributed by atoms with Gasteiger partial charge in [0, 0.05) is 6.66 Å². The standard InChI is InChI=1S/C9H20O2P/c1-8(2)6-10-12(5)11-7-9(3)4/h8-9H,5-7H2,1-4H3. The van der Waals surface area contributed by atoms with Gasteiger partial charge in [0.25, 0.3) is 0 Å². The highest BCUT2D eigenvalue weighted by atomic mass is 31.2. The first-order chi connectivity index (χ1) is 5.52. The minimum atomic E-state index is -0.896. The van der Waals surface area contributed by atoms with Crippen molar-refractivity contribution in [2.45, 2.75) is 27.7 Å². The van der Waals surface area contributed by atoms with Crippen molar-refractivity contribution in [2.24, 2.45) is 11.8 Å². The minimum absolute atomic E-state index is 0.555. The summed E-state index contributed by atoms with van der Waals surface area (Å²) >= 11 is 0. The Labute approximate surface area is 77.6 Å². The smallest absolute Gasteiger partial charge is 0.171 e. The summed E-state index contributed by atoms with van der Waals surface area (Å²) in [7, 11) is -0.896. The van der Waals surface area contributed by atoms with E-state index in [9.17, 15) is 0 Å². The van der Waals surface area contributed by atoms with Crippen LogP contribution in [0.3, 0.4) is 0 Å². The molecule has 12 heavy (non-hydrogen) atoms. The Morgan fingerprint density at radius 1 is 1.00 bits per heavy atom. The van der Waals surface area contributed by atoms with Gasteiger partial charge < -0.3 is 9.05 Å². The first kappa shape index (κ1) is 12.3. The van der Waals surface area contributed by atoms with Gasteiger partial charge in [0.1, 0.15) is 0 Å². The molecule has 0 aromatic heterocycles. The third-order valence-corrected chi connectivity index (χ3v) is 1.98. The molecular weight excluding hydrogens is 171 g/mol. The highest BCUT2D eigenvalue weighted by molar-refractivity contribution is 7.48. The van der Waals surface area contributed by atoms with Crippen molar-refractivity contribution in [2.75, 3.05) is 13.2 Å². The first-order valence-electron chi connectivity index (χ1n) is 4.38. The van der Waals surface area contributed by atoms with Crippen molar-refractivity contribution in [3.05, 3.63) is 6.66 Å². The van der Waals surface area contributed by atoms with Crippen LogP contribution in [0.5, 0.6) is 0 Å². The van der Waals surface area contributed by atoms with Gasteiger partial charge in [0.05, 0.1) is 13.2 Å². The predicted octanol–water partition coefficient (Wildman–Crippen LogP) is 3.44. The molecule has 0 amide bonds. The van der Waals surface area contributed by atoms with Crippen LogP contribution in [0.25, 0.3) is 0 Å². The maximum Gasteiger partial charge on any atom is 0.171 e. The van der Waals surface area contributed by atoms with E-state index in [1.165, 1.54) is 0 Å². The first-order valence-corrected chi connectivity index (χ1v) is 5.75. The van der Waals surface area contributed by atoms with E-state index in [4.69, 9.17) is 9.05 Å². The van der Waals surface area contributed by atoms with Crippen LogP contribution in [0.15, 0.2) is 0 Å². The molecule has 0 aliphatic heterocycles. The van der Waals surface area contributed by atoms with Gasteiger partial charge >= 0.3 is 0 Å². The summed E-state index contributed by atoms with van der Waals surface area (Å²) < 4.78 is 10.8. The molecule has 0 saturated heterocycles. The fourth-order valence-electron chi connectivity index (χ4n) is 0.502. The van der Waals surface area contributed by atoms with Gasteiger partial charge in [-0.15, -0.1) is 0 Å². The van der Waals surface area contributed by atoms with E-state index in [1.54, 1.807) is 0 Å². The normalized spacial score (nSPS) is 12.0. The van der Waals surface area contributed by atoms with E-state index in [0.29, 0.717) is 11.8 Å². The van der Waals surface area contributed by atoms with Crippen LogP contribution in [0.2, 0.25) is 0 Å². The van der Waals surface area contributed by atoms with E-state index in [-0.39, 0.29) is 0 Å². The molecule has 0 aromatic rings. The van der Waals surface area contributed by atoms with Crippen LogP contribution >= 0.6 is 8.38 Å². The molecule has 0 aromatic carbocycles. The van der Waals surface area contributed by atoms with Crippen molar-refractivity contribution < 1.29 is 9.05 Å². The molecule has 73 valence electrons. The molecule has 0 bridgehead atoms. The van der Waals surface area contributed by atoms with Gasteiger partial charge in [0.2, 0.25) is 0 Å². The molecule has 0 heterocycles. The largest absolute Gasteiger partial charge is 0.334 e. The Bertz CT molecular complexity index is 92.7. The van der Waals surface area contributed by atoms with E-state index < -0.39 is 8.38 Å². The second-order valence-electron chi connectivity index (χ2n) is 3.71.